The number of nitrogens with zero attached hydrogens (tertiary/aromatic N) is 2. The van der Waals surface area contributed by atoms with Crippen LogP contribution in [-0.4, -0.2) is 29.9 Å². The molecule has 0 saturated carbocycles. The van der Waals surface area contributed by atoms with E-state index in [0.29, 0.717) is 10.6 Å². The molecule has 8 heteroatoms. The van der Waals surface area contributed by atoms with Gasteiger partial charge >= 0.3 is 6.03 Å². The van der Waals surface area contributed by atoms with Crippen molar-refractivity contribution in [1.82, 2.24) is 5.32 Å². The van der Waals surface area contributed by atoms with Crippen LogP contribution in [0, 0.1) is 0 Å². The summed E-state index contributed by atoms with van der Waals surface area (Å²) in [5.41, 5.74) is 3.88. The Kier molecular flexibility index (Phi) is 5.85. The number of rotatable bonds is 3. The number of nitrogens with one attached hydrogen (secondary N) is 1. The number of imide groups is 2. The van der Waals surface area contributed by atoms with Crippen LogP contribution in [-0.2, 0) is 9.59 Å². The smallest absolute Gasteiger partial charge is 0.335 e. The molecule has 170 valence electrons. The van der Waals surface area contributed by atoms with Crippen LogP contribution in [0.4, 0.5) is 16.2 Å². The van der Waals surface area contributed by atoms with E-state index in [0.717, 1.165) is 28.3 Å². The molecule has 4 rings (SSSR count). The molecule has 0 aromatic heterocycles. The predicted octanol–water partition coefficient (Wildman–Crippen LogP) is 5.68. The van der Waals surface area contributed by atoms with Crippen molar-refractivity contribution in [1.29, 1.82) is 0 Å². The second-order valence-electron chi connectivity index (χ2n) is 8.56. The summed E-state index contributed by atoms with van der Waals surface area (Å²) in [5.74, 6) is -1.48. The second kappa shape index (κ2) is 8.36. The lowest BCUT2D eigenvalue weighted by molar-refractivity contribution is -0.122. The first-order valence-electron chi connectivity index (χ1n) is 10.5. The number of amides is 4. The summed E-state index contributed by atoms with van der Waals surface area (Å²) in [4.78, 5) is 41.3. The van der Waals surface area contributed by atoms with Crippen LogP contribution in [0.15, 0.2) is 48.0 Å². The molecule has 0 atom stereocenters. The molecule has 2 aromatic rings. The summed E-state index contributed by atoms with van der Waals surface area (Å²) in [5, 5.41) is 2.71. The number of likely N-dealkylation sites (N-methyl/N-ethyl adjacent to an activating group) is 1. The first kappa shape index (κ1) is 23.1. The average molecular weight is 484 g/mol. The molecular weight excluding hydrogens is 461 g/mol. The van der Waals surface area contributed by atoms with Crippen LogP contribution in [0.5, 0.6) is 0 Å². The van der Waals surface area contributed by atoms with Crippen molar-refractivity contribution >= 4 is 64.1 Å². The maximum atomic E-state index is 13.2. The Hall–Kier alpha value is -3.09. The molecule has 0 bridgehead atoms. The summed E-state index contributed by atoms with van der Waals surface area (Å²) in [6, 6.07) is 9.35. The van der Waals surface area contributed by atoms with Crippen molar-refractivity contribution in [2.24, 2.45) is 0 Å². The molecule has 33 heavy (non-hydrogen) atoms. The van der Waals surface area contributed by atoms with E-state index in [1.165, 1.54) is 24.3 Å². The van der Waals surface area contributed by atoms with Gasteiger partial charge in [-0.3, -0.25) is 14.9 Å². The van der Waals surface area contributed by atoms with Gasteiger partial charge in [0.25, 0.3) is 11.8 Å². The van der Waals surface area contributed by atoms with Gasteiger partial charge in [-0.15, -0.1) is 0 Å². The van der Waals surface area contributed by atoms with E-state index in [9.17, 15) is 14.4 Å². The molecule has 1 fully saturated rings. The highest BCUT2D eigenvalue weighted by Crippen LogP contribution is 2.39. The zero-order chi connectivity index (χ0) is 24.1. The normalized spacial score (nSPS) is 18.9. The Morgan fingerprint density at radius 1 is 1.03 bits per heavy atom. The number of hydrogen-bond acceptors (Lipinski definition) is 4. The number of carbonyl (C=O) groups is 3. The van der Waals surface area contributed by atoms with Gasteiger partial charge in [-0.25, -0.2) is 9.69 Å². The standard InChI is InChI=1S/C25H23Cl2N3O3/c1-5-29-21-9-6-15(10-17(21)14(2)13-25(29,3)4)11-18-22(31)28-24(33)30(23(18)32)16-7-8-19(26)20(27)12-16/h6-13H,5H2,1-4H3,(H,28,31,33)/b18-11+. The van der Waals surface area contributed by atoms with Crippen LogP contribution in [0.3, 0.4) is 0 Å². The highest BCUT2D eigenvalue weighted by atomic mass is 35.5. The van der Waals surface area contributed by atoms with Crippen molar-refractivity contribution in [3.63, 3.8) is 0 Å². The summed E-state index contributed by atoms with van der Waals surface area (Å²) >= 11 is 12.0. The molecule has 0 spiro atoms. The zero-order valence-electron chi connectivity index (χ0n) is 18.7. The third-order valence-electron chi connectivity index (χ3n) is 5.89. The third kappa shape index (κ3) is 4.05. The molecule has 0 aliphatic carbocycles. The van der Waals surface area contributed by atoms with E-state index in [2.05, 4.69) is 37.1 Å². The number of fused-ring (bicyclic) bond motifs is 1. The van der Waals surface area contributed by atoms with Crippen LogP contribution < -0.4 is 15.1 Å². The van der Waals surface area contributed by atoms with E-state index in [1.54, 1.807) is 0 Å². The summed E-state index contributed by atoms with van der Waals surface area (Å²) in [7, 11) is 0. The van der Waals surface area contributed by atoms with Gasteiger partial charge in [-0.05, 0) is 75.2 Å². The summed E-state index contributed by atoms with van der Waals surface area (Å²) in [6.07, 6.45) is 3.71. The van der Waals surface area contributed by atoms with E-state index in [-0.39, 0.29) is 21.8 Å². The molecule has 0 unspecified atom stereocenters. The fourth-order valence-electron chi connectivity index (χ4n) is 4.45. The minimum Gasteiger partial charge on any atom is -0.363 e. The lowest BCUT2D eigenvalue weighted by atomic mass is 9.88. The largest absolute Gasteiger partial charge is 0.363 e. The number of hydrogen-bond donors (Lipinski definition) is 1. The average Bonchev–Trinajstić information content (AvgIpc) is 2.73. The third-order valence-corrected chi connectivity index (χ3v) is 6.63. The number of anilines is 2. The number of barbiturate groups is 1. The quantitative estimate of drug-likeness (QED) is 0.450. The predicted molar refractivity (Wildman–Crippen MR) is 133 cm³/mol. The SMILES string of the molecule is CCN1c2ccc(/C=C3\C(=O)NC(=O)N(c4ccc(Cl)c(Cl)c4)C3=O)cc2C(C)=CC1(C)C. The molecule has 6 nitrogen and oxygen atoms in total. The zero-order valence-corrected chi connectivity index (χ0v) is 20.2. The number of halogens is 2. The maximum absolute atomic E-state index is 13.2. The van der Waals surface area contributed by atoms with E-state index in [4.69, 9.17) is 23.2 Å². The Morgan fingerprint density at radius 2 is 1.76 bits per heavy atom. The number of urea groups is 1. The molecule has 2 aromatic carbocycles. The Morgan fingerprint density at radius 3 is 2.42 bits per heavy atom. The minimum atomic E-state index is -0.842. The monoisotopic (exact) mass is 483 g/mol. The number of allylic oxidation sites excluding steroid dienone is 1. The Labute approximate surface area is 202 Å². The molecule has 1 saturated heterocycles. The van der Waals surface area contributed by atoms with Gasteiger partial charge in [0.1, 0.15) is 5.57 Å². The Bertz CT molecular complexity index is 1260. The molecule has 4 amide bonds. The van der Waals surface area contributed by atoms with Crippen molar-refractivity contribution in [2.75, 3.05) is 16.3 Å². The van der Waals surface area contributed by atoms with Crippen LogP contribution in [0.25, 0.3) is 11.6 Å². The van der Waals surface area contributed by atoms with Gasteiger partial charge in [0, 0.05) is 17.8 Å². The highest BCUT2D eigenvalue weighted by molar-refractivity contribution is 6.43. The highest BCUT2D eigenvalue weighted by Gasteiger charge is 2.37. The fourth-order valence-corrected chi connectivity index (χ4v) is 4.74. The lowest BCUT2D eigenvalue weighted by Gasteiger charge is -2.42. The first-order valence-corrected chi connectivity index (χ1v) is 11.3. The molecular formula is C25H23Cl2N3O3. The van der Waals surface area contributed by atoms with Gasteiger partial charge in [-0.1, -0.05) is 35.3 Å². The lowest BCUT2D eigenvalue weighted by Crippen LogP contribution is -2.54. The fraction of sp³-hybridized carbons (Fsp3) is 0.240. The van der Waals surface area contributed by atoms with Crippen LogP contribution in [0.1, 0.15) is 38.8 Å². The molecule has 2 aliphatic rings. The number of benzene rings is 2. The van der Waals surface area contributed by atoms with Crippen LogP contribution in [0.2, 0.25) is 10.0 Å². The maximum Gasteiger partial charge on any atom is 0.335 e. The van der Waals surface area contributed by atoms with Gasteiger partial charge in [0.05, 0.1) is 21.3 Å². The van der Waals surface area contributed by atoms with Crippen molar-refractivity contribution in [3.05, 3.63) is 69.2 Å². The molecule has 2 heterocycles. The molecule has 2 aliphatic heterocycles. The van der Waals surface area contributed by atoms with Crippen molar-refractivity contribution in [3.8, 4) is 0 Å². The van der Waals surface area contributed by atoms with Gasteiger partial charge < -0.3 is 4.90 Å². The minimum absolute atomic E-state index is 0.119. The topological polar surface area (TPSA) is 69.7 Å². The van der Waals surface area contributed by atoms with E-state index >= 15 is 0 Å². The van der Waals surface area contributed by atoms with Gasteiger partial charge in [0.2, 0.25) is 0 Å². The summed E-state index contributed by atoms with van der Waals surface area (Å²) < 4.78 is 0. The first-order chi connectivity index (χ1) is 15.5. The second-order valence-corrected chi connectivity index (χ2v) is 9.37. The van der Waals surface area contributed by atoms with Crippen molar-refractivity contribution < 1.29 is 14.4 Å². The molecule has 0 radical (unpaired) electrons. The van der Waals surface area contributed by atoms with Gasteiger partial charge in [0.15, 0.2) is 0 Å². The molecule has 1 N–H and O–H groups in total. The summed E-state index contributed by atoms with van der Waals surface area (Å²) in [6.45, 7) is 9.33. The number of carbonyl (C=O) groups excluding carboxylic acids is 3. The Balaban J connectivity index is 1.75. The van der Waals surface area contributed by atoms with E-state index in [1.807, 2.05) is 25.1 Å². The van der Waals surface area contributed by atoms with Crippen molar-refractivity contribution in [2.45, 2.75) is 33.2 Å². The van der Waals surface area contributed by atoms with E-state index < -0.39 is 17.8 Å². The van der Waals surface area contributed by atoms with Crippen LogP contribution >= 0.6 is 23.2 Å². The van der Waals surface area contributed by atoms with Gasteiger partial charge in [-0.2, -0.15) is 0 Å².